The number of carbonyl (C=O) groups is 1. The van der Waals surface area contributed by atoms with Crippen molar-refractivity contribution in [1.29, 1.82) is 0 Å². The number of rotatable bonds is 8. The average Bonchev–Trinajstić information content (AvgIpc) is 2.61. The van der Waals surface area contributed by atoms with E-state index in [9.17, 15) is 14.9 Å². The first-order valence-corrected chi connectivity index (χ1v) is 8.15. The van der Waals surface area contributed by atoms with Gasteiger partial charge in [0.15, 0.2) is 0 Å². The predicted octanol–water partition coefficient (Wildman–Crippen LogP) is 4.70. The summed E-state index contributed by atoms with van der Waals surface area (Å²) in [5.74, 6) is 1.07. The molecule has 132 valence electrons. The largest absolute Gasteiger partial charge is 0.457 e. The molecule has 7 nitrogen and oxygen atoms in total. The maximum absolute atomic E-state index is 11.7. The molecule has 2 amide bonds. The number of urea groups is 1. The highest BCUT2D eigenvalue weighted by molar-refractivity contribution is 5.89. The monoisotopic (exact) mass is 343 g/mol. The highest BCUT2D eigenvalue weighted by Crippen LogP contribution is 2.24. The van der Waals surface area contributed by atoms with E-state index in [0.29, 0.717) is 23.7 Å². The van der Waals surface area contributed by atoms with Crippen LogP contribution in [-0.2, 0) is 0 Å². The number of nitrogens with zero attached hydrogens (tertiary/aromatic N) is 1. The summed E-state index contributed by atoms with van der Waals surface area (Å²) in [6.45, 7) is 2.77. The second kappa shape index (κ2) is 9.27. The summed E-state index contributed by atoms with van der Waals surface area (Å²) in [5, 5.41) is 16.2. The van der Waals surface area contributed by atoms with Crippen LogP contribution < -0.4 is 15.4 Å². The van der Waals surface area contributed by atoms with Gasteiger partial charge >= 0.3 is 6.03 Å². The number of hydrogen-bond donors (Lipinski definition) is 2. The topological polar surface area (TPSA) is 93.5 Å². The van der Waals surface area contributed by atoms with Crippen molar-refractivity contribution >= 4 is 17.4 Å². The highest BCUT2D eigenvalue weighted by atomic mass is 16.6. The molecule has 2 aromatic carbocycles. The van der Waals surface area contributed by atoms with Crippen molar-refractivity contribution in [3.05, 3.63) is 58.6 Å². The van der Waals surface area contributed by atoms with Crippen molar-refractivity contribution in [2.75, 3.05) is 11.9 Å². The van der Waals surface area contributed by atoms with E-state index in [4.69, 9.17) is 4.74 Å². The number of anilines is 1. The van der Waals surface area contributed by atoms with Crippen LogP contribution in [-0.4, -0.2) is 17.5 Å². The number of nitro groups is 1. The third kappa shape index (κ3) is 6.14. The fourth-order valence-corrected chi connectivity index (χ4v) is 2.13. The molecule has 0 aliphatic heterocycles. The lowest BCUT2D eigenvalue weighted by Crippen LogP contribution is -2.29. The van der Waals surface area contributed by atoms with Gasteiger partial charge in [-0.3, -0.25) is 10.1 Å². The minimum Gasteiger partial charge on any atom is -0.457 e. The molecule has 0 spiro atoms. The Hall–Kier alpha value is -3.09. The van der Waals surface area contributed by atoms with Crippen LogP contribution in [0, 0.1) is 10.1 Å². The summed E-state index contributed by atoms with van der Waals surface area (Å²) in [7, 11) is 0. The van der Waals surface area contributed by atoms with Crippen molar-refractivity contribution in [2.24, 2.45) is 0 Å². The second-order valence-corrected chi connectivity index (χ2v) is 5.47. The lowest BCUT2D eigenvalue weighted by Gasteiger charge is -2.09. The number of unbranched alkanes of at least 4 members (excludes halogenated alkanes) is 2. The standard InChI is InChI=1S/C18H21N3O4/c1-2-3-4-13-19-18(22)20-14-5-9-16(10-6-14)25-17-11-7-15(8-12-17)21(23)24/h5-12H,2-4,13H2,1H3,(H2,19,20,22). The van der Waals surface area contributed by atoms with Gasteiger partial charge in [0.2, 0.25) is 0 Å². The van der Waals surface area contributed by atoms with Crippen LogP contribution in [0.1, 0.15) is 26.2 Å². The number of benzene rings is 2. The van der Waals surface area contributed by atoms with Crippen molar-refractivity contribution in [3.8, 4) is 11.5 Å². The first-order chi connectivity index (χ1) is 12.1. The Labute approximate surface area is 146 Å². The van der Waals surface area contributed by atoms with Crippen LogP contribution in [0.25, 0.3) is 0 Å². The van der Waals surface area contributed by atoms with Crippen molar-refractivity contribution in [2.45, 2.75) is 26.2 Å². The van der Waals surface area contributed by atoms with Crippen LogP contribution in [0.4, 0.5) is 16.2 Å². The molecule has 25 heavy (non-hydrogen) atoms. The van der Waals surface area contributed by atoms with E-state index in [0.717, 1.165) is 19.3 Å². The first kappa shape index (κ1) is 18.3. The Balaban J connectivity index is 1.84. The molecule has 2 rings (SSSR count). The van der Waals surface area contributed by atoms with Gasteiger partial charge in [0.05, 0.1) is 4.92 Å². The minimum atomic E-state index is -0.461. The molecule has 0 bridgehead atoms. The molecule has 2 N–H and O–H groups in total. The van der Waals surface area contributed by atoms with Crippen LogP contribution in [0.5, 0.6) is 11.5 Å². The number of hydrogen-bond acceptors (Lipinski definition) is 4. The van der Waals surface area contributed by atoms with E-state index in [2.05, 4.69) is 17.6 Å². The normalized spacial score (nSPS) is 10.1. The maximum atomic E-state index is 11.7. The number of nitrogens with one attached hydrogen (secondary N) is 2. The minimum absolute atomic E-state index is 0.0110. The van der Waals surface area contributed by atoms with Gasteiger partial charge < -0.3 is 15.4 Å². The van der Waals surface area contributed by atoms with E-state index < -0.39 is 4.92 Å². The zero-order chi connectivity index (χ0) is 18.1. The van der Waals surface area contributed by atoms with Crippen molar-refractivity contribution < 1.29 is 14.5 Å². The molecule has 0 unspecified atom stereocenters. The molecule has 0 heterocycles. The SMILES string of the molecule is CCCCCNC(=O)Nc1ccc(Oc2ccc([N+](=O)[O-])cc2)cc1. The van der Waals surface area contributed by atoms with Crippen LogP contribution >= 0.6 is 0 Å². The van der Waals surface area contributed by atoms with Crippen molar-refractivity contribution in [1.82, 2.24) is 5.32 Å². The summed E-state index contributed by atoms with van der Waals surface area (Å²) >= 11 is 0. The summed E-state index contributed by atoms with van der Waals surface area (Å²) in [6.07, 6.45) is 3.17. The van der Waals surface area contributed by atoms with E-state index in [-0.39, 0.29) is 11.7 Å². The lowest BCUT2D eigenvalue weighted by atomic mass is 10.2. The average molecular weight is 343 g/mol. The van der Waals surface area contributed by atoms with E-state index in [1.165, 1.54) is 24.3 Å². The number of nitro benzene ring substituents is 1. The molecule has 0 aliphatic rings. The molecule has 0 fully saturated rings. The van der Waals surface area contributed by atoms with Gasteiger partial charge in [0, 0.05) is 24.4 Å². The Morgan fingerprint density at radius 2 is 1.64 bits per heavy atom. The molecule has 0 aliphatic carbocycles. The van der Waals surface area contributed by atoms with Gasteiger partial charge in [-0.05, 0) is 42.8 Å². The Morgan fingerprint density at radius 1 is 1.04 bits per heavy atom. The third-order valence-electron chi connectivity index (χ3n) is 3.46. The molecule has 0 atom stereocenters. The Kier molecular flexibility index (Phi) is 6.76. The smallest absolute Gasteiger partial charge is 0.319 e. The molecule has 0 saturated carbocycles. The number of carbonyl (C=O) groups excluding carboxylic acids is 1. The van der Waals surface area contributed by atoms with Crippen molar-refractivity contribution in [3.63, 3.8) is 0 Å². The number of non-ortho nitro benzene ring substituents is 1. The van der Waals surface area contributed by atoms with Gasteiger partial charge in [-0.2, -0.15) is 0 Å². The summed E-state index contributed by atoms with van der Waals surface area (Å²) < 4.78 is 5.61. The van der Waals surface area contributed by atoms with Gasteiger partial charge in [-0.1, -0.05) is 19.8 Å². The van der Waals surface area contributed by atoms with E-state index in [1.54, 1.807) is 24.3 Å². The quantitative estimate of drug-likeness (QED) is 0.413. The molecule has 0 saturated heterocycles. The number of amides is 2. The number of ether oxygens (including phenoxy) is 1. The third-order valence-corrected chi connectivity index (χ3v) is 3.46. The molecular formula is C18H21N3O4. The Bertz CT molecular complexity index is 699. The summed E-state index contributed by atoms with van der Waals surface area (Å²) in [4.78, 5) is 21.9. The molecule has 0 aromatic heterocycles. The summed E-state index contributed by atoms with van der Waals surface area (Å²) in [6, 6.07) is 12.5. The zero-order valence-corrected chi connectivity index (χ0v) is 14.0. The van der Waals surface area contributed by atoms with Gasteiger partial charge in [0.25, 0.3) is 5.69 Å². The van der Waals surface area contributed by atoms with E-state index in [1.807, 2.05) is 0 Å². The lowest BCUT2D eigenvalue weighted by molar-refractivity contribution is -0.384. The fraction of sp³-hybridized carbons (Fsp3) is 0.278. The zero-order valence-electron chi connectivity index (χ0n) is 14.0. The second-order valence-electron chi connectivity index (χ2n) is 5.47. The fourth-order valence-electron chi connectivity index (χ4n) is 2.13. The van der Waals surface area contributed by atoms with Gasteiger partial charge in [0.1, 0.15) is 11.5 Å². The molecule has 7 heteroatoms. The molecule has 2 aromatic rings. The Morgan fingerprint density at radius 3 is 2.20 bits per heavy atom. The van der Waals surface area contributed by atoms with Gasteiger partial charge in [-0.15, -0.1) is 0 Å². The summed E-state index contributed by atoms with van der Waals surface area (Å²) in [5.41, 5.74) is 0.667. The molecular weight excluding hydrogens is 322 g/mol. The molecule has 0 radical (unpaired) electrons. The van der Waals surface area contributed by atoms with Crippen LogP contribution in [0.3, 0.4) is 0 Å². The maximum Gasteiger partial charge on any atom is 0.319 e. The highest BCUT2D eigenvalue weighted by Gasteiger charge is 2.06. The predicted molar refractivity (Wildman–Crippen MR) is 96.2 cm³/mol. The van der Waals surface area contributed by atoms with Crippen LogP contribution in [0.2, 0.25) is 0 Å². The van der Waals surface area contributed by atoms with E-state index >= 15 is 0 Å². The first-order valence-electron chi connectivity index (χ1n) is 8.15. The van der Waals surface area contributed by atoms with Crippen LogP contribution in [0.15, 0.2) is 48.5 Å². The van der Waals surface area contributed by atoms with Gasteiger partial charge in [-0.25, -0.2) is 4.79 Å².